The van der Waals surface area contributed by atoms with Crippen LogP contribution >= 0.6 is 11.6 Å². The molecular weight excluding hydrogens is 314 g/mol. The molecule has 1 aliphatic heterocycles. The van der Waals surface area contributed by atoms with E-state index in [9.17, 15) is 13.2 Å². The molecule has 1 aliphatic rings. The van der Waals surface area contributed by atoms with Gasteiger partial charge in [-0.2, -0.15) is 0 Å². The molecule has 1 saturated heterocycles. The summed E-state index contributed by atoms with van der Waals surface area (Å²) < 4.78 is 23.2. The molecule has 1 heterocycles. The smallest absolute Gasteiger partial charge is 0.306 e. The van der Waals surface area contributed by atoms with Gasteiger partial charge in [0.05, 0.1) is 21.5 Å². The minimum atomic E-state index is -3.30. The van der Waals surface area contributed by atoms with Crippen LogP contribution in [0.4, 0.5) is 5.69 Å². The number of aryl methyl sites for hydroxylation is 1. The normalized spacial score (nSPS) is 17.0. The molecule has 0 bridgehead atoms. The average Bonchev–Trinajstić information content (AvgIpc) is 2.37. The number of hydrogen-bond acceptors (Lipinski definition) is 4. The predicted octanol–water partition coefficient (Wildman–Crippen LogP) is 2.35. The van der Waals surface area contributed by atoms with Gasteiger partial charge in [-0.15, -0.1) is 0 Å². The van der Waals surface area contributed by atoms with Crippen molar-refractivity contribution in [3.05, 3.63) is 22.7 Å². The van der Waals surface area contributed by atoms with Gasteiger partial charge in [-0.05, 0) is 37.5 Å². The number of rotatable bonds is 3. The zero-order valence-electron chi connectivity index (χ0n) is 12.0. The Balaban J connectivity index is 2.28. The van der Waals surface area contributed by atoms with Crippen molar-refractivity contribution in [2.45, 2.75) is 24.7 Å². The van der Waals surface area contributed by atoms with Crippen molar-refractivity contribution >= 4 is 33.1 Å². The molecular formula is C14H18ClNO4S. The van der Waals surface area contributed by atoms with Crippen molar-refractivity contribution in [1.29, 1.82) is 0 Å². The molecule has 0 amide bonds. The van der Waals surface area contributed by atoms with Crippen LogP contribution in [-0.2, 0) is 14.6 Å². The quantitative estimate of drug-likeness (QED) is 0.920. The van der Waals surface area contributed by atoms with Crippen molar-refractivity contribution in [1.82, 2.24) is 0 Å². The topological polar surface area (TPSA) is 74.7 Å². The van der Waals surface area contributed by atoms with Crippen LogP contribution in [-0.4, -0.2) is 38.8 Å². The van der Waals surface area contributed by atoms with E-state index in [2.05, 4.69) is 0 Å². The number of hydrogen-bond donors (Lipinski definition) is 1. The highest BCUT2D eigenvalue weighted by atomic mass is 35.5. The Bertz CT molecular complexity index is 641. The van der Waals surface area contributed by atoms with Crippen molar-refractivity contribution in [2.75, 3.05) is 24.2 Å². The maximum absolute atomic E-state index is 11.6. The molecule has 1 fully saturated rings. The van der Waals surface area contributed by atoms with E-state index in [1.54, 1.807) is 6.07 Å². The summed E-state index contributed by atoms with van der Waals surface area (Å²) >= 11 is 6.25. The lowest BCUT2D eigenvalue weighted by Crippen LogP contribution is -2.36. The highest BCUT2D eigenvalue weighted by Gasteiger charge is 2.26. The lowest BCUT2D eigenvalue weighted by molar-refractivity contribution is -0.142. The summed E-state index contributed by atoms with van der Waals surface area (Å²) in [6, 6.07) is 3.07. The van der Waals surface area contributed by atoms with Gasteiger partial charge < -0.3 is 10.0 Å². The van der Waals surface area contributed by atoms with Crippen LogP contribution in [0.5, 0.6) is 0 Å². The van der Waals surface area contributed by atoms with Crippen molar-refractivity contribution in [3.8, 4) is 0 Å². The SMILES string of the molecule is Cc1cc(S(C)(=O)=O)cc(Cl)c1N1CCC(C(=O)O)CC1. The van der Waals surface area contributed by atoms with E-state index >= 15 is 0 Å². The first-order chi connectivity index (χ1) is 9.70. The van der Waals surface area contributed by atoms with Gasteiger partial charge in [0.2, 0.25) is 0 Å². The Morgan fingerprint density at radius 3 is 2.33 bits per heavy atom. The van der Waals surface area contributed by atoms with Gasteiger partial charge in [-0.1, -0.05) is 11.6 Å². The Kier molecular flexibility index (Phi) is 4.49. The third-order valence-electron chi connectivity index (χ3n) is 3.82. The fraction of sp³-hybridized carbons (Fsp3) is 0.500. The number of nitrogens with zero attached hydrogens (tertiary/aromatic N) is 1. The number of piperidine rings is 1. The zero-order chi connectivity index (χ0) is 15.8. The molecule has 116 valence electrons. The van der Waals surface area contributed by atoms with Gasteiger partial charge in [0.15, 0.2) is 9.84 Å². The molecule has 0 aliphatic carbocycles. The number of aliphatic carboxylic acids is 1. The lowest BCUT2D eigenvalue weighted by Gasteiger charge is -2.33. The molecule has 1 N–H and O–H groups in total. The molecule has 1 aromatic rings. The molecule has 1 aromatic carbocycles. The second-order valence-electron chi connectivity index (χ2n) is 5.44. The number of carbonyl (C=O) groups is 1. The van der Waals surface area contributed by atoms with Crippen molar-refractivity contribution in [3.63, 3.8) is 0 Å². The highest BCUT2D eigenvalue weighted by molar-refractivity contribution is 7.90. The van der Waals surface area contributed by atoms with E-state index in [1.165, 1.54) is 6.07 Å². The number of sulfone groups is 1. The number of anilines is 1. The Hall–Kier alpha value is -1.27. The van der Waals surface area contributed by atoms with Gasteiger partial charge >= 0.3 is 5.97 Å². The Labute approximate surface area is 129 Å². The standard InChI is InChI=1S/C14H18ClNO4S/c1-9-7-11(21(2,19)20)8-12(15)13(9)16-5-3-10(4-6-16)14(17)18/h7-8,10H,3-6H2,1-2H3,(H,17,18). The maximum atomic E-state index is 11.6. The average molecular weight is 332 g/mol. The number of benzene rings is 1. The van der Waals surface area contributed by atoms with Crippen LogP contribution < -0.4 is 4.90 Å². The van der Waals surface area contributed by atoms with E-state index in [0.29, 0.717) is 31.0 Å². The van der Waals surface area contributed by atoms with Crippen LogP contribution in [0, 0.1) is 12.8 Å². The van der Waals surface area contributed by atoms with Crippen LogP contribution in [0.15, 0.2) is 17.0 Å². The number of halogens is 1. The number of carboxylic acid groups (broad SMARTS) is 1. The molecule has 21 heavy (non-hydrogen) atoms. The second-order valence-corrected chi connectivity index (χ2v) is 7.87. The first-order valence-electron chi connectivity index (χ1n) is 6.68. The summed E-state index contributed by atoms with van der Waals surface area (Å²) in [5.74, 6) is -1.07. The van der Waals surface area contributed by atoms with Gasteiger partial charge in [0.25, 0.3) is 0 Å². The van der Waals surface area contributed by atoms with E-state index in [4.69, 9.17) is 16.7 Å². The third kappa shape index (κ3) is 3.49. The van der Waals surface area contributed by atoms with Gasteiger partial charge in [-0.3, -0.25) is 4.79 Å². The van der Waals surface area contributed by atoms with E-state index in [1.807, 2.05) is 11.8 Å². The highest BCUT2D eigenvalue weighted by Crippen LogP contribution is 2.35. The number of carboxylic acids is 1. The van der Waals surface area contributed by atoms with Crippen LogP contribution in [0.3, 0.4) is 0 Å². The molecule has 5 nitrogen and oxygen atoms in total. The van der Waals surface area contributed by atoms with Crippen molar-refractivity contribution < 1.29 is 18.3 Å². The monoisotopic (exact) mass is 331 g/mol. The predicted molar refractivity (Wildman–Crippen MR) is 81.9 cm³/mol. The molecule has 0 aromatic heterocycles. The largest absolute Gasteiger partial charge is 0.481 e. The maximum Gasteiger partial charge on any atom is 0.306 e. The van der Waals surface area contributed by atoms with E-state index < -0.39 is 15.8 Å². The lowest BCUT2D eigenvalue weighted by atomic mass is 9.96. The summed E-state index contributed by atoms with van der Waals surface area (Å²) in [5, 5.41) is 9.41. The van der Waals surface area contributed by atoms with Crippen LogP contribution in [0.2, 0.25) is 5.02 Å². The molecule has 0 spiro atoms. The Morgan fingerprint density at radius 2 is 1.90 bits per heavy atom. The van der Waals surface area contributed by atoms with E-state index in [-0.39, 0.29) is 10.8 Å². The van der Waals surface area contributed by atoms with Crippen molar-refractivity contribution in [2.24, 2.45) is 5.92 Å². The fourth-order valence-electron chi connectivity index (χ4n) is 2.67. The minimum Gasteiger partial charge on any atom is -0.481 e. The van der Waals surface area contributed by atoms with E-state index in [0.717, 1.165) is 17.5 Å². The summed E-state index contributed by atoms with van der Waals surface area (Å²) in [6.45, 7) is 3.03. The van der Waals surface area contributed by atoms with Gasteiger partial charge in [-0.25, -0.2) is 8.42 Å². The van der Waals surface area contributed by atoms with Gasteiger partial charge in [0.1, 0.15) is 0 Å². The summed E-state index contributed by atoms with van der Waals surface area (Å²) in [6.07, 6.45) is 2.29. The van der Waals surface area contributed by atoms with Crippen LogP contribution in [0.1, 0.15) is 18.4 Å². The molecule has 0 unspecified atom stereocenters. The molecule has 0 saturated carbocycles. The zero-order valence-corrected chi connectivity index (χ0v) is 13.5. The van der Waals surface area contributed by atoms with Gasteiger partial charge in [0, 0.05) is 19.3 Å². The molecule has 7 heteroatoms. The minimum absolute atomic E-state index is 0.203. The summed E-state index contributed by atoms with van der Waals surface area (Å²) in [5.41, 5.74) is 1.59. The molecule has 0 atom stereocenters. The molecule has 2 rings (SSSR count). The summed E-state index contributed by atoms with van der Waals surface area (Å²) in [4.78, 5) is 13.2. The first-order valence-corrected chi connectivity index (χ1v) is 8.95. The van der Waals surface area contributed by atoms with Crippen LogP contribution in [0.25, 0.3) is 0 Å². The Morgan fingerprint density at radius 1 is 1.33 bits per heavy atom. The molecule has 0 radical (unpaired) electrons. The first kappa shape index (κ1) is 16.1. The summed E-state index contributed by atoms with van der Waals surface area (Å²) in [7, 11) is -3.30. The third-order valence-corrected chi connectivity index (χ3v) is 5.20. The second kappa shape index (κ2) is 5.85. The fourth-order valence-corrected chi connectivity index (χ4v) is 3.84.